The van der Waals surface area contributed by atoms with Gasteiger partial charge >= 0.3 is 0 Å². The molecule has 1 aliphatic carbocycles. The summed E-state index contributed by atoms with van der Waals surface area (Å²) in [5.74, 6) is -0.0536. The summed E-state index contributed by atoms with van der Waals surface area (Å²) in [6.45, 7) is 0. The van der Waals surface area contributed by atoms with Crippen LogP contribution in [-0.4, -0.2) is 16.4 Å². The van der Waals surface area contributed by atoms with Crippen molar-refractivity contribution in [1.29, 1.82) is 0 Å². The van der Waals surface area contributed by atoms with Gasteiger partial charge in [-0.3, -0.25) is 4.79 Å². The van der Waals surface area contributed by atoms with E-state index < -0.39 is 5.54 Å². The van der Waals surface area contributed by atoms with Gasteiger partial charge in [0.15, 0.2) is 0 Å². The molecule has 20 heavy (non-hydrogen) atoms. The standard InChI is InChI=1S/C15H19N3O.ClH/c16-15(7-2-1-3-8-15)14(19)18-12-4-5-13-11(10-12)6-9-17-13;/h4-6,9-10,17H,1-3,7-8,16H2,(H,18,19);1H. The van der Waals surface area contributed by atoms with Crippen LogP contribution in [0, 0.1) is 0 Å². The molecule has 1 heterocycles. The Labute approximate surface area is 124 Å². The van der Waals surface area contributed by atoms with E-state index in [0.717, 1.165) is 42.3 Å². The second-order valence-electron chi connectivity index (χ2n) is 5.45. The summed E-state index contributed by atoms with van der Waals surface area (Å²) < 4.78 is 0. The zero-order valence-corrected chi connectivity index (χ0v) is 12.1. The van der Waals surface area contributed by atoms with E-state index >= 15 is 0 Å². The molecule has 108 valence electrons. The molecule has 1 aromatic heterocycles. The zero-order valence-electron chi connectivity index (χ0n) is 11.3. The Morgan fingerprint density at radius 3 is 2.70 bits per heavy atom. The van der Waals surface area contributed by atoms with E-state index in [1.165, 1.54) is 6.42 Å². The molecule has 0 spiro atoms. The van der Waals surface area contributed by atoms with Crippen LogP contribution >= 0.6 is 12.4 Å². The van der Waals surface area contributed by atoms with Gasteiger partial charge in [-0.05, 0) is 37.1 Å². The number of carbonyl (C=O) groups excluding carboxylic acids is 1. The fourth-order valence-electron chi connectivity index (χ4n) is 2.80. The highest BCUT2D eigenvalue weighted by molar-refractivity contribution is 5.99. The van der Waals surface area contributed by atoms with Gasteiger partial charge < -0.3 is 16.0 Å². The van der Waals surface area contributed by atoms with E-state index in [4.69, 9.17) is 5.73 Å². The van der Waals surface area contributed by atoms with Crippen molar-refractivity contribution in [3.05, 3.63) is 30.5 Å². The summed E-state index contributed by atoms with van der Waals surface area (Å²) in [5.41, 5.74) is 7.42. The van der Waals surface area contributed by atoms with Crippen LogP contribution in [0.2, 0.25) is 0 Å². The van der Waals surface area contributed by atoms with E-state index in [0.29, 0.717) is 0 Å². The lowest BCUT2D eigenvalue weighted by Crippen LogP contribution is -2.52. The molecule has 2 aromatic rings. The number of carbonyl (C=O) groups is 1. The quantitative estimate of drug-likeness (QED) is 0.796. The topological polar surface area (TPSA) is 70.9 Å². The lowest BCUT2D eigenvalue weighted by atomic mass is 9.82. The molecule has 1 aromatic carbocycles. The van der Waals surface area contributed by atoms with Crippen LogP contribution in [0.15, 0.2) is 30.5 Å². The molecule has 0 radical (unpaired) electrons. The van der Waals surface area contributed by atoms with Gasteiger partial charge in [0.25, 0.3) is 0 Å². The molecule has 0 aliphatic heterocycles. The lowest BCUT2D eigenvalue weighted by molar-refractivity contribution is -0.122. The summed E-state index contributed by atoms with van der Waals surface area (Å²) in [6.07, 6.45) is 6.72. The molecule has 3 rings (SSSR count). The average Bonchev–Trinajstić information content (AvgIpc) is 2.87. The highest BCUT2D eigenvalue weighted by atomic mass is 35.5. The Balaban J connectivity index is 0.00000147. The predicted octanol–water partition coefficient (Wildman–Crippen LogP) is 3.19. The molecule has 1 aliphatic rings. The number of halogens is 1. The Kier molecular flexibility index (Phi) is 4.35. The molecule has 0 unspecified atom stereocenters. The van der Waals surface area contributed by atoms with Crippen molar-refractivity contribution in [3.63, 3.8) is 0 Å². The maximum Gasteiger partial charge on any atom is 0.244 e. The number of amides is 1. The zero-order chi connectivity index (χ0) is 13.3. The minimum Gasteiger partial charge on any atom is -0.361 e. The van der Waals surface area contributed by atoms with Gasteiger partial charge in [0.1, 0.15) is 0 Å². The normalized spacial score (nSPS) is 17.4. The van der Waals surface area contributed by atoms with Crippen molar-refractivity contribution < 1.29 is 4.79 Å². The van der Waals surface area contributed by atoms with Gasteiger partial charge in [0.05, 0.1) is 5.54 Å². The van der Waals surface area contributed by atoms with Crippen LogP contribution in [0.4, 0.5) is 5.69 Å². The summed E-state index contributed by atoms with van der Waals surface area (Å²) in [4.78, 5) is 15.5. The third kappa shape index (κ3) is 2.81. The van der Waals surface area contributed by atoms with Crippen LogP contribution in [0.1, 0.15) is 32.1 Å². The number of fused-ring (bicyclic) bond motifs is 1. The van der Waals surface area contributed by atoms with E-state index in [2.05, 4.69) is 10.3 Å². The number of hydrogen-bond acceptors (Lipinski definition) is 2. The number of rotatable bonds is 2. The van der Waals surface area contributed by atoms with E-state index in [1.807, 2.05) is 30.5 Å². The first-order valence-electron chi connectivity index (χ1n) is 6.85. The maximum absolute atomic E-state index is 12.3. The van der Waals surface area contributed by atoms with Crippen molar-refractivity contribution in [3.8, 4) is 0 Å². The summed E-state index contributed by atoms with van der Waals surface area (Å²) in [6, 6.07) is 7.83. The Bertz CT molecular complexity index is 602. The van der Waals surface area contributed by atoms with Crippen molar-refractivity contribution >= 4 is 34.9 Å². The van der Waals surface area contributed by atoms with Crippen LogP contribution in [0.3, 0.4) is 0 Å². The van der Waals surface area contributed by atoms with Gasteiger partial charge in [0.2, 0.25) is 5.91 Å². The van der Waals surface area contributed by atoms with Crippen molar-refractivity contribution in [2.24, 2.45) is 5.73 Å². The molecule has 0 bridgehead atoms. The molecule has 1 fully saturated rings. The van der Waals surface area contributed by atoms with Crippen LogP contribution in [-0.2, 0) is 4.79 Å². The number of nitrogens with two attached hydrogens (primary N) is 1. The van der Waals surface area contributed by atoms with Gasteiger partial charge in [-0.1, -0.05) is 19.3 Å². The maximum atomic E-state index is 12.3. The van der Waals surface area contributed by atoms with Crippen LogP contribution < -0.4 is 11.1 Å². The minimum absolute atomic E-state index is 0. The largest absolute Gasteiger partial charge is 0.361 e. The summed E-state index contributed by atoms with van der Waals surface area (Å²) in [7, 11) is 0. The van der Waals surface area contributed by atoms with Gasteiger partial charge in [-0.25, -0.2) is 0 Å². The number of hydrogen-bond donors (Lipinski definition) is 3. The average molecular weight is 294 g/mol. The third-order valence-electron chi connectivity index (χ3n) is 4.01. The Morgan fingerprint density at radius 1 is 1.20 bits per heavy atom. The number of anilines is 1. The second-order valence-corrected chi connectivity index (χ2v) is 5.45. The van der Waals surface area contributed by atoms with Crippen molar-refractivity contribution in [2.75, 3.05) is 5.32 Å². The van der Waals surface area contributed by atoms with Gasteiger partial charge in [0, 0.05) is 22.8 Å². The number of benzene rings is 1. The molecular formula is C15H20ClN3O. The number of aromatic amines is 1. The number of H-pyrrole nitrogens is 1. The number of aromatic nitrogens is 1. The molecular weight excluding hydrogens is 274 g/mol. The fourth-order valence-corrected chi connectivity index (χ4v) is 2.80. The molecule has 4 nitrogen and oxygen atoms in total. The van der Waals surface area contributed by atoms with Gasteiger partial charge in [-0.2, -0.15) is 0 Å². The molecule has 0 saturated heterocycles. The van der Waals surface area contributed by atoms with Crippen LogP contribution in [0.5, 0.6) is 0 Å². The SMILES string of the molecule is Cl.NC1(C(=O)Nc2ccc3[nH]ccc3c2)CCCCC1. The first kappa shape index (κ1) is 14.9. The lowest BCUT2D eigenvalue weighted by Gasteiger charge is -2.31. The molecule has 1 amide bonds. The smallest absolute Gasteiger partial charge is 0.244 e. The van der Waals surface area contributed by atoms with E-state index in [1.54, 1.807) is 0 Å². The molecule has 0 atom stereocenters. The van der Waals surface area contributed by atoms with E-state index in [9.17, 15) is 4.79 Å². The summed E-state index contributed by atoms with van der Waals surface area (Å²) >= 11 is 0. The van der Waals surface area contributed by atoms with E-state index in [-0.39, 0.29) is 18.3 Å². The highest BCUT2D eigenvalue weighted by Gasteiger charge is 2.35. The molecule has 1 saturated carbocycles. The van der Waals surface area contributed by atoms with Gasteiger partial charge in [-0.15, -0.1) is 12.4 Å². The first-order chi connectivity index (χ1) is 9.17. The fraction of sp³-hybridized carbons (Fsp3) is 0.400. The van der Waals surface area contributed by atoms with Crippen LogP contribution in [0.25, 0.3) is 10.9 Å². The highest BCUT2D eigenvalue weighted by Crippen LogP contribution is 2.27. The third-order valence-corrected chi connectivity index (χ3v) is 4.01. The summed E-state index contributed by atoms with van der Waals surface area (Å²) in [5, 5.41) is 4.05. The Morgan fingerprint density at radius 2 is 1.95 bits per heavy atom. The minimum atomic E-state index is -0.689. The number of nitrogens with one attached hydrogen (secondary N) is 2. The molecule has 5 heteroatoms. The molecule has 4 N–H and O–H groups in total. The second kappa shape index (κ2) is 5.85. The monoisotopic (exact) mass is 293 g/mol. The predicted molar refractivity (Wildman–Crippen MR) is 84.2 cm³/mol. The van der Waals surface area contributed by atoms with Crippen molar-refractivity contribution in [1.82, 2.24) is 4.98 Å². The Hall–Kier alpha value is -1.52. The first-order valence-corrected chi connectivity index (χ1v) is 6.85. The van der Waals surface area contributed by atoms with Crippen molar-refractivity contribution in [2.45, 2.75) is 37.6 Å².